The van der Waals surface area contributed by atoms with Gasteiger partial charge in [0.2, 0.25) is 0 Å². The number of Topliss-reactive ketones (excluding diaryl/α,β-unsaturated/α-hetero) is 1. The van der Waals surface area contributed by atoms with Gasteiger partial charge in [-0.2, -0.15) is 0 Å². The molecule has 1 aromatic carbocycles. The van der Waals surface area contributed by atoms with Gasteiger partial charge in [-0.05, 0) is 43.7 Å². The molecule has 1 saturated heterocycles. The fraction of sp³-hybridized carbons (Fsp3) is 0.462. The quantitative estimate of drug-likeness (QED) is 0.794. The van der Waals surface area contributed by atoms with Crippen LogP contribution >= 0.6 is 0 Å². The zero-order valence-electron chi connectivity index (χ0n) is 9.42. The van der Waals surface area contributed by atoms with Crippen LogP contribution in [0.15, 0.2) is 24.3 Å². The minimum absolute atomic E-state index is 0.139. The number of rotatable bonds is 3. The Labute approximate surface area is 94.9 Å². The number of hydrogen-bond donors (Lipinski definition) is 1. The van der Waals surface area contributed by atoms with Gasteiger partial charge in [0.25, 0.3) is 0 Å². The third kappa shape index (κ3) is 1.87. The number of ketones is 1. The summed E-state index contributed by atoms with van der Waals surface area (Å²) in [5.74, 6) is -0.161. The van der Waals surface area contributed by atoms with Gasteiger partial charge < -0.3 is 5.32 Å². The van der Waals surface area contributed by atoms with Crippen molar-refractivity contribution in [1.29, 1.82) is 0 Å². The molecular formula is C13H16FNO. The van der Waals surface area contributed by atoms with Crippen LogP contribution in [-0.4, -0.2) is 18.9 Å². The monoisotopic (exact) mass is 221 g/mol. The molecule has 0 bridgehead atoms. The Morgan fingerprint density at radius 1 is 1.44 bits per heavy atom. The van der Waals surface area contributed by atoms with Gasteiger partial charge >= 0.3 is 0 Å². The molecule has 3 heteroatoms. The Morgan fingerprint density at radius 3 is 2.62 bits per heavy atom. The average molecular weight is 221 g/mol. The Morgan fingerprint density at radius 2 is 2.12 bits per heavy atom. The standard InChI is InChI=1S/C13H16FNO/c1-2-13(7-8-15-9-13)12(16)10-3-5-11(14)6-4-10/h3-6,15H,2,7-9H2,1H3. The fourth-order valence-electron chi connectivity index (χ4n) is 2.31. The van der Waals surface area contributed by atoms with Gasteiger partial charge in [-0.3, -0.25) is 4.79 Å². The van der Waals surface area contributed by atoms with Crippen molar-refractivity contribution in [2.24, 2.45) is 5.41 Å². The number of benzene rings is 1. The van der Waals surface area contributed by atoms with E-state index < -0.39 is 0 Å². The molecular weight excluding hydrogens is 205 g/mol. The number of halogens is 1. The van der Waals surface area contributed by atoms with Crippen LogP contribution in [0, 0.1) is 11.2 Å². The molecule has 1 aromatic rings. The van der Waals surface area contributed by atoms with Gasteiger partial charge in [0, 0.05) is 17.5 Å². The van der Waals surface area contributed by atoms with Crippen LogP contribution in [0.25, 0.3) is 0 Å². The Kier molecular flexibility index (Phi) is 3.06. The molecule has 0 aliphatic carbocycles. The highest BCUT2D eigenvalue weighted by Crippen LogP contribution is 2.33. The lowest BCUT2D eigenvalue weighted by Crippen LogP contribution is -2.32. The third-order valence-electron chi connectivity index (χ3n) is 3.51. The van der Waals surface area contributed by atoms with Crippen molar-refractivity contribution >= 4 is 5.78 Å². The van der Waals surface area contributed by atoms with E-state index in [1.54, 1.807) is 12.1 Å². The molecule has 2 rings (SSSR count). The molecule has 2 nitrogen and oxygen atoms in total. The highest BCUT2D eigenvalue weighted by Gasteiger charge is 2.39. The van der Waals surface area contributed by atoms with Gasteiger partial charge in [-0.15, -0.1) is 0 Å². The summed E-state index contributed by atoms with van der Waals surface area (Å²) in [7, 11) is 0. The first-order valence-electron chi connectivity index (χ1n) is 5.69. The van der Waals surface area contributed by atoms with Crippen molar-refractivity contribution in [3.8, 4) is 0 Å². The van der Waals surface area contributed by atoms with Crippen LogP contribution in [0.5, 0.6) is 0 Å². The van der Waals surface area contributed by atoms with Gasteiger partial charge in [-0.25, -0.2) is 4.39 Å². The zero-order chi connectivity index (χ0) is 11.6. The first kappa shape index (κ1) is 11.3. The molecule has 1 aliphatic heterocycles. The molecule has 0 amide bonds. The SMILES string of the molecule is CCC1(C(=O)c2ccc(F)cc2)CCNC1. The topological polar surface area (TPSA) is 29.1 Å². The molecule has 0 aromatic heterocycles. The number of hydrogen-bond acceptors (Lipinski definition) is 2. The van der Waals surface area contributed by atoms with Crippen LogP contribution in [0.4, 0.5) is 4.39 Å². The predicted molar refractivity (Wildman–Crippen MR) is 60.9 cm³/mol. The Balaban J connectivity index is 2.26. The molecule has 1 unspecified atom stereocenters. The van der Waals surface area contributed by atoms with E-state index in [2.05, 4.69) is 5.32 Å². The second-order valence-corrected chi connectivity index (χ2v) is 4.40. The zero-order valence-corrected chi connectivity index (χ0v) is 9.42. The van der Waals surface area contributed by atoms with Gasteiger partial charge in [0.15, 0.2) is 5.78 Å². The van der Waals surface area contributed by atoms with E-state index in [-0.39, 0.29) is 17.0 Å². The maximum absolute atomic E-state index is 12.8. The predicted octanol–water partition coefficient (Wildman–Crippen LogP) is 2.40. The van der Waals surface area contributed by atoms with Gasteiger partial charge in [0.05, 0.1) is 0 Å². The molecule has 1 atom stereocenters. The minimum Gasteiger partial charge on any atom is -0.316 e. The summed E-state index contributed by atoms with van der Waals surface area (Å²) in [5, 5.41) is 3.23. The van der Waals surface area contributed by atoms with Crippen LogP contribution in [0.1, 0.15) is 30.1 Å². The van der Waals surface area contributed by atoms with Crippen LogP contribution in [0.3, 0.4) is 0 Å². The number of carbonyl (C=O) groups is 1. The van der Waals surface area contributed by atoms with E-state index in [0.29, 0.717) is 5.56 Å². The van der Waals surface area contributed by atoms with Crippen LogP contribution < -0.4 is 5.32 Å². The normalized spacial score (nSPS) is 24.6. The van der Waals surface area contributed by atoms with E-state index in [9.17, 15) is 9.18 Å². The van der Waals surface area contributed by atoms with E-state index in [1.165, 1.54) is 12.1 Å². The summed E-state index contributed by atoms with van der Waals surface area (Å²) in [6.07, 6.45) is 1.70. The summed E-state index contributed by atoms with van der Waals surface area (Å²) in [6, 6.07) is 5.85. The van der Waals surface area contributed by atoms with Crippen molar-refractivity contribution in [3.05, 3.63) is 35.6 Å². The molecule has 1 N–H and O–H groups in total. The first-order chi connectivity index (χ1) is 7.68. The molecule has 0 radical (unpaired) electrons. The summed E-state index contributed by atoms with van der Waals surface area (Å²) >= 11 is 0. The van der Waals surface area contributed by atoms with Crippen molar-refractivity contribution in [2.75, 3.05) is 13.1 Å². The van der Waals surface area contributed by atoms with Gasteiger partial charge in [0.1, 0.15) is 5.82 Å². The lowest BCUT2D eigenvalue weighted by atomic mass is 9.77. The maximum Gasteiger partial charge on any atom is 0.170 e. The van der Waals surface area contributed by atoms with Crippen molar-refractivity contribution < 1.29 is 9.18 Å². The van der Waals surface area contributed by atoms with Crippen LogP contribution in [-0.2, 0) is 0 Å². The maximum atomic E-state index is 12.8. The third-order valence-corrected chi connectivity index (χ3v) is 3.51. The second-order valence-electron chi connectivity index (χ2n) is 4.40. The second kappa shape index (κ2) is 4.34. The minimum atomic E-state index is -0.299. The number of nitrogens with one attached hydrogen (secondary N) is 1. The van der Waals surface area contributed by atoms with Crippen LogP contribution in [0.2, 0.25) is 0 Å². The largest absolute Gasteiger partial charge is 0.316 e. The Bertz CT molecular complexity index is 379. The summed E-state index contributed by atoms with van der Waals surface area (Å²) in [5.41, 5.74) is 0.338. The average Bonchev–Trinajstić information content (AvgIpc) is 2.79. The van der Waals surface area contributed by atoms with Crippen molar-refractivity contribution in [1.82, 2.24) is 5.32 Å². The molecule has 86 valence electrons. The lowest BCUT2D eigenvalue weighted by Gasteiger charge is -2.24. The molecule has 0 saturated carbocycles. The molecule has 1 heterocycles. The Hall–Kier alpha value is -1.22. The molecule has 1 aliphatic rings. The smallest absolute Gasteiger partial charge is 0.170 e. The van der Waals surface area contributed by atoms with Gasteiger partial charge in [-0.1, -0.05) is 6.92 Å². The molecule has 1 fully saturated rings. The summed E-state index contributed by atoms with van der Waals surface area (Å²) in [6.45, 7) is 3.66. The van der Waals surface area contributed by atoms with E-state index >= 15 is 0 Å². The van der Waals surface area contributed by atoms with E-state index in [1.807, 2.05) is 6.92 Å². The van der Waals surface area contributed by atoms with Crippen molar-refractivity contribution in [3.63, 3.8) is 0 Å². The van der Waals surface area contributed by atoms with E-state index in [4.69, 9.17) is 0 Å². The fourth-order valence-corrected chi connectivity index (χ4v) is 2.31. The molecule has 16 heavy (non-hydrogen) atoms. The number of carbonyl (C=O) groups excluding carboxylic acids is 1. The highest BCUT2D eigenvalue weighted by atomic mass is 19.1. The lowest BCUT2D eigenvalue weighted by molar-refractivity contribution is 0.0810. The van der Waals surface area contributed by atoms with Crippen molar-refractivity contribution in [2.45, 2.75) is 19.8 Å². The summed E-state index contributed by atoms with van der Waals surface area (Å²) < 4.78 is 12.8. The highest BCUT2D eigenvalue weighted by molar-refractivity contribution is 6.00. The molecule has 0 spiro atoms. The first-order valence-corrected chi connectivity index (χ1v) is 5.69. The van der Waals surface area contributed by atoms with E-state index in [0.717, 1.165) is 25.9 Å². The summed E-state index contributed by atoms with van der Waals surface area (Å²) in [4.78, 5) is 12.3.